The molecule has 0 bridgehead atoms. The number of rotatable bonds is 7. The molecule has 11 heteroatoms. The fraction of sp³-hybridized carbons (Fsp3) is 0.364. The number of aromatic nitrogens is 4. The number of sulfonamides is 1. The third-order valence-electron chi connectivity index (χ3n) is 6.29. The van der Waals surface area contributed by atoms with Crippen LogP contribution in [0.3, 0.4) is 0 Å². The monoisotopic (exact) mass is 464 g/mol. The van der Waals surface area contributed by atoms with E-state index in [1.165, 1.54) is 10.5 Å². The second-order valence-corrected chi connectivity index (χ2v) is 10.7. The molecule has 3 aromatic rings. The van der Waals surface area contributed by atoms with Crippen LogP contribution in [0, 0.1) is 11.3 Å². The van der Waals surface area contributed by atoms with E-state index in [4.69, 9.17) is 10.7 Å². The molecule has 1 saturated carbocycles. The summed E-state index contributed by atoms with van der Waals surface area (Å²) in [7, 11) is -1.60. The molecule has 2 aliphatic rings. The highest BCUT2D eigenvalue weighted by molar-refractivity contribution is 7.90. The molecular weight excluding hydrogens is 440 g/mol. The summed E-state index contributed by atoms with van der Waals surface area (Å²) in [5.41, 5.74) is 8.05. The van der Waals surface area contributed by atoms with Gasteiger partial charge in [0.1, 0.15) is 11.5 Å². The molecule has 5 rings (SSSR count). The van der Waals surface area contributed by atoms with Gasteiger partial charge in [-0.25, -0.2) is 18.4 Å². The maximum absolute atomic E-state index is 12.6. The Kier molecular flexibility index (Phi) is 5.07. The van der Waals surface area contributed by atoms with Gasteiger partial charge in [-0.3, -0.25) is 9.39 Å². The molecule has 0 radical (unpaired) electrons. The van der Waals surface area contributed by atoms with Gasteiger partial charge in [0.2, 0.25) is 10.0 Å². The van der Waals surface area contributed by atoms with E-state index >= 15 is 0 Å². The van der Waals surface area contributed by atoms with Gasteiger partial charge < -0.3 is 10.3 Å². The summed E-state index contributed by atoms with van der Waals surface area (Å²) in [6.45, 7) is 0.600. The first kappa shape index (κ1) is 21.4. The predicted molar refractivity (Wildman–Crippen MR) is 125 cm³/mol. The Balaban J connectivity index is 1.52. The average molecular weight is 465 g/mol. The molecule has 1 saturated heterocycles. The van der Waals surface area contributed by atoms with Gasteiger partial charge in [0, 0.05) is 74.5 Å². The maximum Gasteiger partial charge on any atom is 0.217 e. The summed E-state index contributed by atoms with van der Waals surface area (Å²) in [5.74, 6) is 0.663. The number of nitrogens with zero attached hydrogens (tertiary/aromatic N) is 7. The highest BCUT2D eigenvalue weighted by Crippen LogP contribution is 2.41. The van der Waals surface area contributed by atoms with Crippen molar-refractivity contribution in [3.05, 3.63) is 48.8 Å². The van der Waals surface area contributed by atoms with Crippen LogP contribution in [0.15, 0.2) is 48.1 Å². The number of nitrogens with two attached hydrogens (primary N) is 1. The van der Waals surface area contributed by atoms with Crippen molar-refractivity contribution in [2.24, 2.45) is 10.7 Å². The van der Waals surface area contributed by atoms with Gasteiger partial charge in [0.15, 0.2) is 0 Å². The highest BCUT2D eigenvalue weighted by atomic mass is 32.2. The van der Waals surface area contributed by atoms with Gasteiger partial charge in [-0.05, 0) is 18.9 Å². The van der Waals surface area contributed by atoms with E-state index in [2.05, 4.69) is 16.0 Å². The standard InChI is InChI=1S/C22H24N8O2S/c1-25-12-17(11-24)19-10-20-26-7-9-30(20)21(27-19)16-4-8-28(13-16)22(5-6-23)14-29(15-22)33(31,32)18-2-3-18/h4,7-13,18H,2-3,5,14-15,24H2,1H3. The molecule has 3 aromatic heterocycles. The van der Waals surface area contributed by atoms with Crippen molar-refractivity contribution in [1.29, 1.82) is 5.26 Å². The van der Waals surface area contributed by atoms with Crippen molar-refractivity contribution >= 4 is 27.5 Å². The van der Waals surface area contributed by atoms with Crippen LogP contribution in [-0.2, 0) is 15.6 Å². The molecule has 2 fully saturated rings. The zero-order valence-electron chi connectivity index (χ0n) is 18.2. The lowest BCUT2D eigenvalue weighted by molar-refractivity contribution is 0.0848. The van der Waals surface area contributed by atoms with Gasteiger partial charge in [0.05, 0.1) is 29.0 Å². The molecule has 0 aromatic carbocycles. The quantitative estimate of drug-likeness (QED) is 0.528. The fourth-order valence-electron chi connectivity index (χ4n) is 4.31. The van der Waals surface area contributed by atoms with Crippen LogP contribution in [0.1, 0.15) is 25.0 Å². The molecule has 0 spiro atoms. The number of fused-ring (bicyclic) bond motifs is 1. The van der Waals surface area contributed by atoms with Crippen LogP contribution >= 0.6 is 0 Å². The average Bonchev–Trinajstić information content (AvgIpc) is 3.35. The van der Waals surface area contributed by atoms with Crippen molar-refractivity contribution in [2.75, 3.05) is 20.1 Å². The van der Waals surface area contributed by atoms with Crippen molar-refractivity contribution in [2.45, 2.75) is 30.1 Å². The second-order valence-electron chi connectivity index (χ2n) is 8.51. The number of hydrogen-bond acceptors (Lipinski definition) is 7. The normalized spacial score (nSPS) is 19.1. The molecule has 0 atom stereocenters. The van der Waals surface area contributed by atoms with Crippen molar-refractivity contribution in [3.8, 4) is 17.5 Å². The van der Waals surface area contributed by atoms with Crippen LogP contribution in [0.4, 0.5) is 0 Å². The first-order valence-corrected chi connectivity index (χ1v) is 12.2. The molecule has 0 unspecified atom stereocenters. The summed E-state index contributed by atoms with van der Waals surface area (Å²) in [5, 5.41) is 9.21. The summed E-state index contributed by atoms with van der Waals surface area (Å²) >= 11 is 0. The van der Waals surface area contributed by atoms with E-state index in [0.717, 1.165) is 18.4 Å². The van der Waals surface area contributed by atoms with Gasteiger partial charge in [-0.2, -0.15) is 9.57 Å². The van der Waals surface area contributed by atoms with Crippen LogP contribution in [0.25, 0.3) is 22.6 Å². The molecule has 170 valence electrons. The summed E-state index contributed by atoms with van der Waals surface area (Å²) in [4.78, 5) is 13.2. The Bertz CT molecular complexity index is 1420. The molecule has 1 aliphatic carbocycles. The predicted octanol–water partition coefficient (Wildman–Crippen LogP) is 1.61. The minimum atomic E-state index is -3.26. The molecule has 10 nitrogen and oxygen atoms in total. The number of allylic oxidation sites excluding steroid dienone is 1. The maximum atomic E-state index is 12.6. The first-order chi connectivity index (χ1) is 15.9. The Hall–Kier alpha value is -3.49. The Morgan fingerprint density at radius 1 is 1.39 bits per heavy atom. The van der Waals surface area contributed by atoms with Gasteiger partial charge in [-0.1, -0.05) is 0 Å². The van der Waals surface area contributed by atoms with Gasteiger partial charge in [-0.15, -0.1) is 0 Å². The van der Waals surface area contributed by atoms with E-state index in [1.54, 1.807) is 19.5 Å². The van der Waals surface area contributed by atoms with E-state index in [-0.39, 0.29) is 11.7 Å². The van der Waals surface area contributed by atoms with Gasteiger partial charge in [0.25, 0.3) is 0 Å². The zero-order chi connectivity index (χ0) is 23.2. The molecule has 4 heterocycles. The Morgan fingerprint density at radius 3 is 2.85 bits per heavy atom. The van der Waals surface area contributed by atoms with Crippen molar-refractivity contribution in [1.82, 2.24) is 23.2 Å². The lowest BCUT2D eigenvalue weighted by Gasteiger charge is -2.49. The highest BCUT2D eigenvalue weighted by Gasteiger charge is 2.53. The third kappa shape index (κ3) is 3.51. The topological polar surface area (TPSA) is 135 Å². The zero-order valence-corrected chi connectivity index (χ0v) is 19.0. The lowest BCUT2D eigenvalue weighted by Crippen LogP contribution is -2.64. The molecule has 33 heavy (non-hydrogen) atoms. The summed E-state index contributed by atoms with van der Waals surface area (Å²) < 4.78 is 30.6. The van der Waals surface area contributed by atoms with Crippen LogP contribution in [-0.4, -0.2) is 63.3 Å². The smallest absolute Gasteiger partial charge is 0.217 e. The number of imidazole rings is 1. The molecule has 0 amide bonds. The third-order valence-corrected chi connectivity index (χ3v) is 8.58. The lowest BCUT2D eigenvalue weighted by atomic mass is 9.89. The van der Waals surface area contributed by atoms with Crippen LogP contribution in [0.5, 0.6) is 0 Å². The van der Waals surface area contributed by atoms with E-state index in [1.807, 2.05) is 39.7 Å². The van der Waals surface area contributed by atoms with Gasteiger partial charge >= 0.3 is 0 Å². The largest absolute Gasteiger partial charge is 0.404 e. The SMILES string of the molecule is CN=CC(=CN)c1cc2nccn2c(-c2ccn(C3(CC#N)CN(S(=O)(=O)C4CC4)C3)c2)n1. The van der Waals surface area contributed by atoms with E-state index < -0.39 is 15.6 Å². The Morgan fingerprint density at radius 2 is 2.18 bits per heavy atom. The number of nitriles is 1. The van der Waals surface area contributed by atoms with Crippen molar-refractivity contribution < 1.29 is 8.42 Å². The van der Waals surface area contributed by atoms with E-state index in [0.29, 0.717) is 35.8 Å². The molecule has 2 N–H and O–H groups in total. The Labute approximate surface area is 191 Å². The number of aliphatic imine (C=N–C) groups is 1. The second kappa shape index (κ2) is 7.83. The van der Waals surface area contributed by atoms with Crippen LogP contribution < -0.4 is 5.73 Å². The minimum absolute atomic E-state index is 0.221. The molecular formula is C22H24N8O2S. The summed E-state index contributed by atoms with van der Waals surface area (Å²) in [6.07, 6.45) is 12.1. The molecule has 1 aliphatic heterocycles. The van der Waals surface area contributed by atoms with Crippen molar-refractivity contribution in [3.63, 3.8) is 0 Å². The minimum Gasteiger partial charge on any atom is -0.404 e. The number of hydrogen-bond donors (Lipinski definition) is 1. The fourth-order valence-corrected chi connectivity index (χ4v) is 6.31. The summed E-state index contributed by atoms with van der Waals surface area (Å²) in [6, 6.07) is 5.99. The van der Waals surface area contributed by atoms with E-state index in [9.17, 15) is 13.7 Å². The van der Waals surface area contributed by atoms with Crippen LogP contribution in [0.2, 0.25) is 0 Å². The first-order valence-electron chi connectivity index (χ1n) is 10.7.